The first kappa shape index (κ1) is 23.2. The number of aliphatic imine (C=N–C) groups is 1. The van der Waals surface area contributed by atoms with Gasteiger partial charge in [-0.2, -0.15) is 0 Å². The van der Waals surface area contributed by atoms with Gasteiger partial charge >= 0.3 is 0 Å². The molecule has 0 aliphatic carbocycles. The lowest BCUT2D eigenvalue weighted by atomic mass is 10.1. The molecule has 0 aliphatic rings. The van der Waals surface area contributed by atoms with Gasteiger partial charge in [-0.15, -0.1) is 34.2 Å². The standard InChI is InChI=1S/C19H30N6O.HI/c1-7-20-18(22-13-17-24-23-14(2)25(17)6)21-12-15-10-8-9-11-16(15)26-19(3,4)5;/h8-11H,7,12-13H2,1-6H3,(H2,20,21,22);1H. The van der Waals surface area contributed by atoms with Crippen molar-refractivity contribution in [1.29, 1.82) is 0 Å². The zero-order valence-corrected chi connectivity index (χ0v) is 19.4. The molecular weight excluding hydrogens is 455 g/mol. The molecular formula is C19H31IN6O. The quantitative estimate of drug-likeness (QED) is 0.373. The number of aromatic nitrogens is 3. The first-order valence-electron chi connectivity index (χ1n) is 8.94. The maximum Gasteiger partial charge on any atom is 0.191 e. The highest BCUT2D eigenvalue weighted by Gasteiger charge is 2.14. The van der Waals surface area contributed by atoms with E-state index in [0.717, 1.165) is 35.5 Å². The number of hydrogen-bond donors (Lipinski definition) is 2. The number of ether oxygens (including phenoxy) is 1. The van der Waals surface area contributed by atoms with E-state index in [-0.39, 0.29) is 29.6 Å². The smallest absolute Gasteiger partial charge is 0.191 e. The minimum atomic E-state index is -0.244. The van der Waals surface area contributed by atoms with Crippen LogP contribution in [0.3, 0.4) is 0 Å². The highest BCUT2D eigenvalue weighted by molar-refractivity contribution is 14.0. The number of aryl methyl sites for hydroxylation is 1. The lowest BCUT2D eigenvalue weighted by molar-refractivity contribution is 0.129. The Hall–Kier alpha value is -1.84. The second-order valence-corrected chi connectivity index (χ2v) is 7.09. The van der Waals surface area contributed by atoms with Gasteiger partial charge in [-0.1, -0.05) is 18.2 Å². The lowest BCUT2D eigenvalue weighted by Gasteiger charge is -2.23. The molecule has 0 aliphatic heterocycles. The van der Waals surface area contributed by atoms with Gasteiger partial charge in [0, 0.05) is 19.2 Å². The second-order valence-electron chi connectivity index (χ2n) is 7.09. The maximum absolute atomic E-state index is 6.04. The molecule has 1 heterocycles. The van der Waals surface area contributed by atoms with Crippen molar-refractivity contribution in [2.75, 3.05) is 6.54 Å². The van der Waals surface area contributed by atoms with Crippen LogP contribution in [0.4, 0.5) is 0 Å². The Morgan fingerprint density at radius 1 is 1.19 bits per heavy atom. The molecule has 7 nitrogen and oxygen atoms in total. The van der Waals surface area contributed by atoms with Crippen molar-refractivity contribution in [3.8, 4) is 5.75 Å². The first-order valence-corrected chi connectivity index (χ1v) is 8.94. The summed E-state index contributed by atoms with van der Waals surface area (Å²) in [6.07, 6.45) is 0. The molecule has 0 fully saturated rings. The number of nitrogens with zero attached hydrogens (tertiary/aromatic N) is 4. The molecule has 0 bridgehead atoms. The summed E-state index contributed by atoms with van der Waals surface area (Å²) in [6, 6.07) is 8.01. The number of guanidine groups is 1. The van der Waals surface area contributed by atoms with Crippen LogP contribution in [0.2, 0.25) is 0 Å². The van der Waals surface area contributed by atoms with E-state index in [1.165, 1.54) is 0 Å². The Morgan fingerprint density at radius 2 is 1.89 bits per heavy atom. The van der Waals surface area contributed by atoms with Gasteiger partial charge in [0.2, 0.25) is 0 Å². The minimum absolute atomic E-state index is 0. The number of nitrogens with one attached hydrogen (secondary N) is 2. The van der Waals surface area contributed by atoms with E-state index >= 15 is 0 Å². The van der Waals surface area contributed by atoms with E-state index in [2.05, 4.69) is 25.8 Å². The second kappa shape index (κ2) is 10.5. The molecule has 1 aromatic heterocycles. The fraction of sp³-hybridized carbons (Fsp3) is 0.526. The van der Waals surface area contributed by atoms with Crippen molar-refractivity contribution < 1.29 is 4.74 Å². The van der Waals surface area contributed by atoms with Crippen molar-refractivity contribution >= 4 is 29.9 Å². The van der Waals surface area contributed by atoms with Crippen molar-refractivity contribution in [3.05, 3.63) is 41.5 Å². The fourth-order valence-electron chi connectivity index (χ4n) is 2.34. The lowest BCUT2D eigenvalue weighted by Crippen LogP contribution is -2.37. The normalized spacial score (nSPS) is 11.7. The van der Waals surface area contributed by atoms with Crippen LogP contribution >= 0.6 is 24.0 Å². The average molecular weight is 486 g/mol. The van der Waals surface area contributed by atoms with E-state index in [9.17, 15) is 0 Å². The highest BCUT2D eigenvalue weighted by Crippen LogP contribution is 2.23. The summed E-state index contributed by atoms with van der Waals surface area (Å²) in [4.78, 5) is 4.68. The van der Waals surface area contributed by atoms with Crippen LogP contribution in [0, 0.1) is 6.92 Å². The van der Waals surface area contributed by atoms with E-state index < -0.39 is 0 Å². The number of halogens is 1. The topological polar surface area (TPSA) is 76.4 Å². The molecule has 8 heteroatoms. The van der Waals surface area contributed by atoms with Crippen LogP contribution in [-0.2, 0) is 20.1 Å². The maximum atomic E-state index is 6.04. The van der Waals surface area contributed by atoms with Gasteiger partial charge in [0.15, 0.2) is 11.8 Å². The monoisotopic (exact) mass is 486 g/mol. The highest BCUT2D eigenvalue weighted by atomic mass is 127. The number of benzene rings is 1. The molecule has 2 rings (SSSR count). The van der Waals surface area contributed by atoms with Crippen molar-refractivity contribution in [2.24, 2.45) is 12.0 Å². The number of para-hydroxylation sites is 1. The van der Waals surface area contributed by atoms with E-state index in [0.29, 0.717) is 13.1 Å². The molecule has 0 unspecified atom stereocenters. The average Bonchev–Trinajstić information content (AvgIpc) is 2.89. The first-order chi connectivity index (χ1) is 12.3. The molecule has 0 amide bonds. The predicted octanol–water partition coefficient (Wildman–Crippen LogP) is 3.17. The molecule has 0 saturated carbocycles. The summed E-state index contributed by atoms with van der Waals surface area (Å²) in [6.45, 7) is 12.0. The van der Waals surface area contributed by atoms with Gasteiger partial charge < -0.3 is 19.9 Å². The molecule has 0 radical (unpaired) electrons. The fourth-order valence-corrected chi connectivity index (χ4v) is 2.34. The Kier molecular flexibility index (Phi) is 9.01. The van der Waals surface area contributed by atoms with Crippen LogP contribution in [0.5, 0.6) is 5.75 Å². The third-order valence-corrected chi connectivity index (χ3v) is 3.74. The molecule has 2 N–H and O–H groups in total. The van der Waals surface area contributed by atoms with E-state index in [1.807, 2.05) is 70.5 Å². The summed E-state index contributed by atoms with van der Waals surface area (Å²) in [5, 5.41) is 14.8. The zero-order valence-electron chi connectivity index (χ0n) is 17.0. The van der Waals surface area contributed by atoms with Crippen LogP contribution in [0.25, 0.3) is 0 Å². The predicted molar refractivity (Wildman–Crippen MR) is 120 cm³/mol. The summed E-state index contributed by atoms with van der Waals surface area (Å²) in [5.41, 5.74) is 0.806. The molecule has 0 atom stereocenters. The van der Waals surface area contributed by atoms with Crippen LogP contribution in [0.1, 0.15) is 44.9 Å². The third kappa shape index (κ3) is 7.36. The number of hydrogen-bond acceptors (Lipinski definition) is 4. The summed E-state index contributed by atoms with van der Waals surface area (Å²) in [7, 11) is 1.95. The molecule has 150 valence electrons. The Balaban J connectivity index is 0.00000364. The zero-order chi connectivity index (χ0) is 19.2. The SMILES string of the molecule is CCNC(=NCc1ccccc1OC(C)(C)C)NCc1nnc(C)n1C.I. The van der Waals surface area contributed by atoms with Crippen molar-refractivity contribution in [1.82, 2.24) is 25.4 Å². The van der Waals surface area contributed by atoms with Crippen LogP contribution in [-0.4, -0.2) is 32.9 Å². The summed E-state index contributed by atoms with van der Waals surface area (Å²) in [5.74, 6) is 3.35. The van der Waals surface area contributed by atoms with E-state index in [1.54, 1.807) is 0 Å². The Labute approximate surface area is 179 Å². The van der Waals surface area contributed by atoms with Crippen molar-refractivity contribution in [3.63, 3.8) is 0 Å². The molecule has 27 heavy (non-hydrogen) atoms. The van der Waals surface area contributed by atoms with Crippen LogP contribution < -0.4 is 15.4 Å². The summed E-state index contributed by atoms with van der Waals surface area (Å²) >= 11 is 0. The minimum Gasteiger partial charge on any atom is -0.488 e. The van der Waals surface area contributed by atoms with Crippen LogP contribution in [0.15, 0.2) is 29.3 Å². The molecule has 2 aromatic rings. The molecule has 0 spiro atoms. The largest absolute Gasteiger partial charge is 0.488 e. The van der Waals surface area contributed by atoms with Gasteiger partial charge in [-0.05, 0) is 40.7 Å². The third-order valence-electron chi connectivity index (χ3n) is 3.74. The molecule has 1 aromatic carbocycles. The van der Waals surface area contributed by atoms with Gasteiger partial charge in [0.1, 0.15) is 17.2 Å². The van der Waals surface area contributed by atoms with Gasteiger partial charge in [-0.25, -0.2) is 4.99 Å². The molecule has 0 saturated heterocycles. The Morgan fingerprint density at radius 3 is 2.48 bits per heavy atom. The van der Waals surface area contributed by atoms with Gasteiger partial charge in [0.25, 0.3) is 0 Å². The Bertz CT molecular complexity index is 751. The van der Waals surface area contributed by atoms with Gasteiger partial charge in [0.05, 0.1) is 13.1 Å². The number of rotatable bonds is 6. The summed E-state index contributed by atoms with van der Waals surface area (Å²) < 4.78 is 8.00. The van der Waals surface area contributed by atoms with Gasteiger partial charge in [-0.3, -0.25) is 0 Å². The van der Waals surface area contributed by atoms with Crippen molar-refractivity contribution in [2.45, 2.75) is 53.3 Å². The van der Waals surface area contributed by atoms with E-state index in [4.69, 9.17) is 4.74 Å².